The number of hydrogen-bond acceptors (Lipinski definition) is 3. The van der Waals surface area contributed by atoms with Crippen molar-refractivity contribution in [2.75, 3.05) is 18.4 Å². The normalized spacial score (nSPS) is 17.7. The summed E-state index contributed by atoms with van der Waals surface area (Å²) in [7, 11) is 0. The molecule has 24 heavy (non-hydrogen) atoms. The lowest BCUT2D eigenvalue weighted by Gasteiger charge is -2.24. The predicted molar refractivity (Wildman–Crippen MR) is 90.3 cm³/mol. The third-order valence-electron chi connectivity index (χ3n) is 3.89. The third-order valence-corrected chi connectivity index (χ3v) is 3.89. The molecule has 1 aromatic carbocycles. The smallest absolute Gasteiger partial charge is 0.410 e. The highest BCUT2D eigenvalue weighted by molar-refractivity contribution is 5.91. The lowest BCUT2D eigenvalue weighted by atomic mass is 10.0. The van der Waals surface area contributed by atoms with Gasteiger partial charge >= 0.3 is 6.09 Å². The van der Waals surface area contributed by atoms with Gasteiger partial charge in [-0.05, 0) is 57.7 Å². The van der Waals surface area contributed by atoms with Gasteiger partial charge in [-0.3, -0.25) is 4.79 Å². The Hall–Kier alpha value is -2.11. The summed E-state index contributed by atoms with van der Waals surface area (Å²) in [6.07, 6.45) is 0.718. The highest BCUT2D eigenvalue weighted by atomic mass is 19.1. The van der Waals surface area contributed by atoms with E-state index in [0.29, 0.717) is 25.2 Å². The van der Waals surface area contributed by atoms with Crippen LogP contribution >= 0.6 is 0 Å². The number of likely N-dealkylation sites (tertiary alicyclic amines) is 1. The molecule has 1 N–H and O–H groups in total. The number of benzene rings is 1. The number of nitrogens with zero attached hydrogens (tertiary/aromatic N) is 1. The number of nitrogens with one attached hydrogen (secondary N) is 1. The van der Waals surface area contributed by atoms with E-state index in [4.69, 9.17) is 4.74 Å². The maximum absolute atomic E-state index is 13.3. The van der Waals surface area contributed by atoms with E-state index in [1.54, 1.807) is 11.0 Å². The van der Waals surface area contributed by atoms with Crippen molar-refractivity contribution >= 4 is 17.7 Å². The van der Waals surface area contributed by atoms with Crippen molar-refractivity contribution in [3.63, 3.8) is 0 Å². The topological polar surface area (TPSA) is 58.6 Å². The molecule has 1 fully saturated rings. The van der Waals surface area contributed by atoms with Gasteiger partial charge in [0.15, 0.2) is 0 Å². The molecule has 1 aromatic rings. The fourth-order valence-corrected chi connectivity index (χ4v) is 2.68. The van der Waals surface area contributed by atoms with E-state index in [9.17, 15) is 14.0 Å². The average molecular weight is 336 g/mol. The van der Waals surface area contributed by atoms with Crippen LogP contribution in [-0.2, 0) is 9.53 Å². The zero-order valence-electron chi connectivity index (χ0n) is 14.7. The van der Waals surface area contributed by atoms with Gasteiger partial charge in [0.1, 0.15) is 11.4 Å². The molecule has 0 bridgehead atoms. The largest absolute Gasteiger partial charge is 0.444 e. The van der Waals surface area contributed by atoms with Crippen molar-refractivity contribution in [2.24, 2.45) is 5.92 Å². The summed E-state index contributed by atoms with van der Waals surface area (Å²) < 4.78 is 18.6. The lowest BCUT2D eigenvalue weighted by molar-refractivity contribution is -0.117. The maximum Gasteiger partial charge on any atom is 0.410 e. The van der Waals surface area contributed by atoms with Crippen LogP contribution in [0.1, 0.15) is 39.2 Å². The summed E-state index contributed by atoms with van der Waals surface area (Å²) in [5, 5.41) is 2.75. The van der Waals surface area contributed by atoms with E-state index in [0.717, 1.165) is 12.0 Å². The van der Waals surface area contributed by atoms with Gasteiger partial charge in [0.2, 0.25) is 5.91 Å². The molecule has 1 saturated heterocycles. The first-order valence-corrected chi connectivity index (χ1v) is 8.18. The second-order valence-corrected chi connectivity index (χ2v) is 7.29. The molecule has 1 aliphatic heterocycles. The van der Waals surface area contributed by atoms with Crippen molar-refractivity contribution in [2.45, 2.75) is 46.1 Å². The number of aryl methyl sites for hydroxylation is 1. The molecule has 1 atom stereocenters. The fraction of sp³-hybridized carbons (Fsp3) is 0.556. The number of halogens is 1. The van der Waals surface area contributed by atoms with Crippen LogP contribution in [0.15, 0.2) is 18.2 Å². The van der Waals surface area contributed by atoms with E-state index >= 15 is 0 Å². The zero-order chi connectivity index (χ0) is 17.9. The van der Waals surface area contributed by atoms with Gasteiger partial charge in [-0.2, -0.15) is 0 Å². The van der Waals surface area contributed by atoms with E-state index in [-0.39, 0.29) is 23.7 Å². The van der Waals surface area contributed by atoms with E-state index in [2.05, 4.69) is 5.32 Å². The van der Waals surface area contributed by atoms with E-state index in [1.807, 2.05) is 27.7 Å². The number of carbonyl (C=O) groups excluding carboxylic acids is 2. The molecule has 0 aromatic heterocycles. The molecule has 6 heteroatoms. The molecule has 0 aliphatic carbocycles. The first-order valence-electron chi connectivity index (χ1n) is 8.18. The van der Waals surface area contributed by atoms with Crippen LogP contribution in [-0.4, -0.2) is 35.6 Å². The molecule has 1 aliphatic rings. The Morgan fingerprint density at radius 1 is 1.38 bits per heavy atom. The standard InChI is InChI=1S/C18H25FN2O3/c1-12-5-6-14(19)10-15(12)20-16(22)9-13-7-8-21(11-13)17(23)24-18(2,3)4/h5-6,10,13H,7-9,11H2,1-4H3,(H,20,22). The molecule has 1 heterocycles. The molecule has 5 nitrogen and oxygen atoms in total. The van der Waals surface area contributed by atoms with Crippen molar-refractivity contribution in [1.82, 2.24) is 4.90 Å². The van der Waals surface area contributed by atoms with Gasteiger partial charge < -0.3 is 15.0 Å². The van der Waals surface area contributed by atoms with Crippen molar-refractivity contribution in [1.29, 1.82) is 0 Å². The summed E-state index contributed by atoms with van der Waals surface area (Å²) in [5.74, 6) is -0.459. The summed E-state index contributed by atoms with van der Waals surface area (Å²) >= 11 is 0. The van der Waals surface area contributed by atoms with Crippen LogP contribution in [0.4, 0.5) is 14.9 Å². The van der Waals surface area contributed by atoms with Crippen LogP contribution in [0.2, 0.25) is 0 Å². The molecule has 0 radical (unpaired) electrons. The molecule has 0 spiro atoms. The van der Waals surface area contributed by atoms with Crippen LogP contribution in [0, 0.1) is 18.7 Å². The van der Waals surface area contributed by atoms with Gasteiger partial charge in [0, 0.05) is 25.2 Å². The Labute approximate surface area is 142 Å². The Morgan fingerprint density at radius 3 is 2.75 bits per heavy atom. The first kappa shape index (κ1) is 18.2. The molecule has 132 valence electrons. The van der Waals surface area contributed by atoms with Gasteiger partial charge in [-0.1, -0.05) is 6.07 Å². The zero-order valence-corrected chi connectivity index (χ0v) is 14.7. The van der Waals surface area contributed by atoms with Gasteiger partial charge in [0.25, 0.3) is 0 Å². The van der Waals surface area contributed by atoms with Crippen molar-refractivity contribution in [3.8, 4) is 0 Å². The summed E-state index contributed by atoms with van der Waals surface area (Å²) in [5.41, 5.74) is 0.773. The SMILES string of the molecule is Cc1ccc(F)cc1NC(=O)CC1CCN(C(=O)OC(C)(C)C)C1. The lowest BCUT2D eigenvalue weighted by Crippen LogP contribution is -2.35. The Balaban J connectivity index is 1.85. The van der Waals surface area contributed by atoms with Gasteiger partial charge in [-0.25, -0.2) is 9.18 Å². The number of anilines is 1. The van der Waals surface area contributed by atoms with Crippen LogP contribution in [0.5, 0.6) is 0 Å². The Kier molecular flexibility index (Phi) is 5.47. The summed E-state index contributed by atoms with van der Waals surface area (Å²) in [6, 6.07) is 4.31. The van der Waals surface area contributed by atoms with Crippen molar-refractivity contribution < 1.29 is 18.7 Å². The highest BCUT2D eigenvalue weighted by Gasteiger charge is 2.30. The quantitative estimate of drug-likeness (QED) is 0.915. The minimum atomic E-state index is -0.526. The van der Waals surface area contributed by atoms with Crippen LogP contribution < -0.4 is 5.32 Å². The number of hydrogen-bond donors (Lipinski definition) is 1. The van der Waals surface area contributed by atoms with Crippen LogP contribution in [0.3, 0.4) is 0 Å². The monoisotopic (exact) mass is 336 g/mol. The molecule has 0 saturated carbocycles. The third kappa shape index (κ3) is 5.22. The van der Waals surface area contributed by atoms with Crippen molar-refractivity contribution in [3.05, 3.63) is 29.6 Å². The maximum atomic E-state index is 13.3. The van der Waals surface area contributed by atoms with E-state index in [1.165, 1.54) is 12.1 Å². The number of rotatable bonds is 3. The summed E-state index contributed by atoms with van der Waals surface area (Å²) in [4.78, 5) is 25.8. The number of amides is 2. The number of carbonyl (C=O) groups is 2. The predicted octanol–water partition coefficient (Wildman–Crippen LogP) is 3.72. The highest BCUT2D eigenvalue weighted by Crippen LogP contribution is 2.23. The minimum absolute atomic E-state index is 0.0892. The average Bonchev–Trinajstić information content (AvgIpc) is 2.89. The molecular formula is C18H25FN2O3. The Morgan fingerprint density at radius 2 is 2.08 bits per heavy atom. The fourth-order valence-electron chi connectivity index (χ4n) is 2.68. The second kappa shape index (κ2) is 7.20. The molecule has 2 amide bonds. The summed E-state index contributed by atoms with van der Waals surface area (Å²) in [6.45, 7) is 8.39. The first-order chi connectivity index (χ1) is 11.1. The molecular weight excluding hydrogens is 311 g/mol. The Bertz CT molecular complexity index is 625. The second-order valence-electron chi connectivity index (χ2n) is 7.29. The number of ether oxygens (including phenoxy) is 1. The van der Waals surface area contributed by atoms with Crippen LogP contribution in [0.25, 0.3) is 0 Å². The van der Waals surface area contributed by atoms with E-state index < -0.39 is 5.60 Å². The minimum Gasteiger partial charge on any atom is -0.444 e. The van der Waals surface area contributed by atoms with Gasteiger partial charge in [0.05, 0.1) is 0 Å². The molecule has 1 unspecified atom stereocenters. The van der Waals surface area contributed by atoms with Gasteiger partial charge in [-0.15, -0.1) is 0 Å². The molecule has 2 rings (SSSR count).